The molecule has 0 saturated carbocycles. The van der Waals surface area contributed by atoms with Crippen LogP contribution in [0.25, 0.3) is 0 Å². The molecule has 2 aromatic rings. The van der Waals surface area contributed by atoms with E-state index < -0.39 is 13.0 Å². The molecule has 0 aliphatic carbocycles. The predicted octanol–water partition coefficient (Wildman–Crippen LogP) is 2.98. The summed E-state index contributed by atoms with van der Waals surface area (Å²) in [6, 6.07) is 14.2. The maximum Gasteiger partial charge on any atom is 0.293 e. The van der Waals surface area contributed by atoms with Crippen molar-refractivity contribution in [3.8, 4) is 0 Å². The van der Waals surface area contributed by atoms with Crippen molar-refractivity contribution < 1.29 is 19.1 Å². The Morgan fingerprint density at radius 3 is 2.63 bits per heavy atom. The zero-order valence-electron chi connectivity index (χ0n) is 16.5. The van der Waals surface area contributed by atoms with Crippen molar-refractivity contribution in [1.82, 2.24) is 4.90 Å². The van der Waals surface area contributed by atoms with E-state index in [9.17, 15) is 19.6 Å². The van der Waals surface area contributed by atoms with Crippen LogP contribution >= 0.6 is 19.8 Å². The molecule has 8 nitrogen and oxygen atoms in total. The standard InChI is InChI=1S/C20H26N3O5PS/c24-23(25)20-14-17(29(26)27)6-7-19(20)21-16(8-9-22-10-12-28-13-11-22)15-30-18-4-2-1-3-5-18/h1-7,14,16,21,29H,8-13,15H2,(H,26,27). The van der Waals surface area contributed by atoms with Crippen molar-refractivity contribution in [3.63, 3.8) is 0 Å². The fraction of sp³-hybridized carbons (Fsp3) is 0.400. The second kappa shape index (κ2) is 11.5. The first-order valence-electron chi connectivity index (χ1n) is 9.79. The van der Waals surface area contributed by atoms with Crippen molar-refractivity contribution >= 4 is 36.5 Å². The highest BCUT2D eigenvalue weighted by Crippen LogP contribution is 2.29. The van der Waals surface area contributed by atoms with Crippen LogP contribution in [-0.4, -0.2) is 59.4 Å². The molecule has 162 valence electrons. The summed E-state index contributed by atoms with van der Waals surface area (Å²) in [5, 5.41) is 14.9. The van der Waals surface area contributed by atoms with E-state index in [0.717, 1.165) is 49.9 Å². The smallest absolute Gasteiger partial charge is 0.293 e. The number of morpholine rings is 1. The van der Waals surface area contributed by atoms with Crippen LogP contribution < -0.4 is 10.6 Å². The maximum absolute atomic E-state index is 11.5. The van der Waals surface area contributed by atoms with Gasteiger partial charge in [-0.25, -0.2) is 0 Å². The summed E-state index contributed by atoms with van der Waals surface area (Å²) < 4.78 is 16.8. The van der Waals surface area contributed by atoms with E-state index in [4.69, 9.17) is 4.74 Å². The number of nitro benzene ring substituents is 1. The van der Waals surface area contributed by atoms with Gasteiger partial charge >= 0.3 is 0 Å². The minimum Gasteiger partial charge on any atom is -0.379 e. The van der Waals surface area contributed by atoms with Gasteiger partial charge in [0.05, 0.1) is 18.1 Å². The summed E-state index contributed by atoms with van der Waals surface area (Å²) in [5.74, 6) is 0.740. The van der Waals surface area contributed by atoms with Gasteiger partial charge in [0, 0.05) is 47.7 Å². The van der Waals surface area contributed by atoms with Crippen LogP contribution in [0.3, 0.4) is 0 Å². The third kappa shape index (κ3) is 6.82. The molecule has 0 aromatic heterocycles. The summed E-state index contributed by atoms with van der Waals surface area (Å²) >= 11 is 1.70. The lowest BCUT2D eigenvalue weighted by Gasteiger charge is -2.29. The number of rotatable bonds is 10. The number of hydrogen-bond acceptors (Lipinski definition) is 7. The zero-order chi connectivity index (χ0) is 21.3. The van der Waals surface area contributed by atoms with Gasteiger partial charge in [-0.05, 0) is 30.7 Å². The predicted molar refractivity (Wildman–Crippen MR) is 120 cm³/mol. The number of nitrogens with one attached hydrogen (secondary N) is 1. The molecule has 0 bridgehead atoms. The lowest BCUT2D eigenvalue weighted by molar-refractivity contribution is -0.383. The Balaban J connectivity index is 1.73. The number of hydrogen-bond donors (Lipinski definition) is 2. The van der Waals surface area contributed by atoms with E-state index in [0.29, 0.717) is 5.69 Å². The minimum absolute atomic E-state index is 0.00578. The first kappa shape index (κ1) is 22.8. The average molecular weight is 451 g/mol. The number of ether oxygens (including phenoxy) is 1. The van der Waals surface area contributed by atoms with E-state index in [-0.39, 0.29) is 17.0 Å². The van der Waals surface area contributed by atoms with Crippen LogP contribution in [0.15, 0.2) is 53.4 Å². The molecule has 0 amide bonds. The second-order valence-corrected chi connectivity index (χ2v) is 9.28. The molecular weight excluding hydrogens is 425 g/mol. The molecule has 3 rings (SSSR count). The highest BCUT2D eigenvalue weighted by Gasteiger charge is 2.21. The van der Waals surface area contributed by atoms with Gasteiger partial charge in [0.15, 0.2) is 0 Å². The van der Waals surface area contributed by atoms with Gasteiger partial charge in [-0.15, -0.1) is 11.8 Å². The Hall–Kier alpha value is -1.90. The topological polar surface area (TPSA) is 105 Å². The minimum atomic E-state index is -2.99. The number of benzene rings is 2. The average Bonchev–Trinajstić information content (AvgIpc) is 2.77. The van der Waals surface area contributed by atoms with E-state index in [1.165, 1.54) is 18.2 Å². The molecule has 2 unspecified atom stereocenters. The SMILES string of the molecule is O=[N+]([O-])c1cc([PH](=O)O)ccc1NC(CCN1CCOCC1)CSc1ccccc1. The maximum atomic E-state index is 11.5. The molecule has 1 heterocycles. The fourth-order valence-corrected chi connectivity index (χ4v) is 4.71. The van der Waals surface area contributed by atoms with Crippen molar-refractivity contribution in [3.05, 3.63) is 58.6 Å². The van der Waals surface area contributed by atoms with Gasteiger partial charge in [0.1, 0.15) is 5.69 Å². The van der Waals surface area contributed by atoms with Gasteiger partial charge in [-0.1, -0.05) is 18.2 Å². The van der Waals surface area contributed by atoms with E-state index in [1.54, 1.807) is 11.8 Å². The summed E-state index contributed by atoms with van der Waals surface area (Å²) in [4.78, 5) is 23.8. The van der Waals surface area contributed by atoms with Gasteiger partial charge in [0.2, 0.25) is 8.03 Å². The Morgan fingerprint density at radius 1 is 1.23 bits per heavy atom. The third-order valence-corrected chi connectivity index (χ3v) is 6.87. The molecule has 2 atom stereocenters. The van der Waals surface area contributed by atoms with Crippen LogP contribution in [-0.2, 0) is 9.30 Å². The summed E-state index contributed by atoms with van der Waals surface area (Å²) in [6.45, 7) is 4.09. The normalized spacial score (nSPS) is 16.7. The lowest BCUT2D eigenvalue weighted by atomic mass is 10.2. The number of thioether (sulfide) groups is 1. The van der Waals surface area contributed by atoms with Gasteiger partial charge in [0.25, 0.3) is 5.69 Å². The monoisotopic (exact) mass is 451 g/mol. The number of nitro groups is 1. The Bertz CT molecular complexity index is 865. The molecule has 0 spiro atoms. The van der Waals surface area contributed by atoms with Crippen LogP contribution in [0.4, 0.5) is 11.4 Å². The van der Waals surface area contributed by atoms with Crippen LogP contribution in [0.5, 0.6) is 0 Å². The molecular formula is C20H26N3O5PS. The van der Waals surface area contributed by atoms with E-state index in [1.807, 2.05) is 30.3 Å². The van der Waals surface area contributed by atoms with Gasteiger partial charge in [-0.2, -0.15) is 0 Å². The van der Waals surface area contributed by atoms with Crippen LogP contribution in [0, 0.1) is 10.1 Å². The van der Waals surface area contributed by atoms with Crippen molar-refractivity contribution in [2.75, 3.05) is 43.9 Å². The molecule has 2 aromatic carbocycles. The van der Waals surface area contributed by atoms with E-state index >= 15 is 0 Å². The first-order chi connectivity index (χ1) is 14.5. The fourth-order valence-electron chi connectivity index (χ4n) is 3.23. The van der Waals surface area contributed by atoms with Crippen molar-refractivity contribution in [1.29, 1.82) is 0 Å². The van der Waals surface area contributed by atoms with Crippen LogP contribution in [0.2, 0.25) is 0 Å². The van der Waals surface area contributed by atoms with Crippen LogP contribution in [0.1, 0.15) is 6.42 Å². The number of anilines is 1. The molecule has 2 N–H and O–H groups in total. The second-order valence-electron chi connectivity index (χ2n) is 7.00. The highest BCUT2D eigenvalue weighted by molar-refractivity contribution is 7.99. The molecule has 0 radical (unpaired) electrons. The Kier molecular flexibility index (Phi) is 8.72. The Labute approximate surface area is 180 Å². The molecule has 10 heteroatoms. The molecule has 1 aliphatic heterocycles. The van der Waals surface area contributed by atoms with E-state index in [2.05, 4.69) is 10.2 Å². The molecule has 30 heavy (non-hydrogen) atoms. The zero-order valence-corrected chi connectivity index (χ0v) is 18.3. The first-order valence-corrected chi connectivity index (χ1v) is 12.1. The lowest BCUT2D eigenvalue weighted by Crippen LogP contribution is -2.39. The summed E-state index contributed by atoms with van der Waals surface area (Å²) in [5.41, 5.74) is 0.189. The Morgan fingerprint density at radius 2 is 1.97 bits per heavy atom. The largest absolute Gasteiger partial charge is 0.379 e. The van der Waals surface area contributed by atoms with Gasteiger partial charge in [-0.3, -0.25) is 19.6 Å². The summed E-state index contributed by atoms with van der Waals surface area (Å²) in [7, 11) is -2.99. The van der Waals surface area contributed by atoms with Crippen molar-refractivity contribution in [2.45, 2.75) is 17.4 Å². The molecule has 1 aliphatic rings. The molecule has 1 saturated heterocycles. The van der Waals surface area contributed by atoms with Gasteiger partial charge < -0.3 is 14.9 Å². The number of nitrogens with zero attached hydrogens (tertiary/aromatic N) is 2. The molecule has 1 fully saturated rings. The third-order valence-electron chi connectivity index (χ3n) is 4.89. The van der Waals surface area contributed by atoms with Crippen molar-refractivity contribution in [2.24, 2.45) is 0 Å². The highest BCUT2D eigenvalue weighted by atomic mass is 32.2. The summed E-state index contributed by atoms with van der Waals surface area (Å²) in [6.07, 6.45) is 0.815. The quantitative estimate of drug-likeness (QED) is 0.246.